The van der Waals surface area contributed by atoms with Crippen LogP contribution in [0.4, 0.5) is 0 Å². The van der Waals surface area contributed by atoms with E-state index in [-0.39, 0.29) is 32.1 Å². The van der Waals surface area contributed by atoms with Gasteiger partial charge in [0, 0.05) is 42.4 Å². The first-order valence-electron chi connectivity index (χ1n) is 12.3. The Hall–Kier alpha value is -2.94. The molecule has 0 spiro atoms. The minimum atomic E-state index is -1.50. The third-order valence-electron chi connectivity index (χ3n) is 6.13. The second-order valence-electron chi connectivity index (χ2n) is 8.71. The molecule has 4 rings (SSSR count). The van der Waals surface area contributed by atoms with Gasteiger partial charge in [-0.1, -0.05) is 72.3 Å². The van der Waals surface area contributed by atoms with Gasteiger partial charge >= 0.3 is 0 Å². The summed E-state index contributed by atoms with van der Waals surface area (Å²) in [5, 5.41) is 18.2. The number of nitrogens with two attached hydrogens (primary N) is 1. The number of aliphatic hydroxyl groups excluding tert-OH is 2. The number of nitrogens with zero attached hydrogens (tertiary/aromatic N) is 1. The molecule has 6 nitrogen and oxygen atoms in total. The topological polar surface area (TPSA) is 97.8 Å². The summed E-state index contributed by atoms with van der Waals surface area (Å²) in [6.07, 6.45) is 1.99. The molecule has 1 heterocycles. The van der Waals surface area contributed by atoms with Gasteiger partial charge in [0.05, 0.1) is 5.56 Å². The smallest absolute Gasteiger partial charge is 0.222 e. The van der Waals surface area contributed by atoms with Crippen molar-refractivity contribution in [2.45, 2.75) is 31.1 Å². The highest BCUT2D eigenvalue weighted by Gasteiger charge is 2.38. The van der Waals surface area contributed by atoms with Crippen molar-refractivity contribution in [3.63, 3.8) is 0 Å². The Labute approximate surface area is 236 Å². The van der Waals surface area contributed by atoms with E-state index in [0.29, 0.717) is 29.8 Å². The van der Waals surface area contributed by atoms with Crippen LogP contribution in [0.1, 0.15) is 28.7 Å². The molecule has 0 aliphatic carbocycles. The van der Waals surface area contributed by atoms with Crippen LogP contribution < -0.4 is 15.2 Å². The van der Waals surface area contributed by atoms with Crippen LogP contribution in [0.3, 0.4) is 0 Å². The predicted octanol–water partition coefficient (Wildman–Crippen LogP) is 5.94. The molecule has 1 atom stereocenters. The first-order chi connectivity index (χ1) is 18.5. The van der Waals surface area contributed by atoms with Crippen molar-refractivity contribution < 1.29 is 19.7 Å². The van der Waals surface area contributed by atoms with Crippen LogP contribution in [0.2, 0.25) is 0 Å². The van der Waals surface area contributed by atoms with Crippen LogP contribution in [-0.4, -0.2) is 28.4 Å². The van der Waals surface area contributed by atoms with Crippen molar-refractivity contribution in [1.82, 2.24) is 4.98 Å². The van der Waals surface area contributed by atoms with Gasteiger partial charge in [0.25, 0.3) is 0 Å². The molecule has 3 aromatic carbocycles. The van der Waals surface area contributed by atoms with Crippen molar-refractivity contribution in [3.05, 3.63) is 112 Å². The third kappa shape index (κ3) is 6.54. The fourth-order valence-corrected chi connectivity index (χ4v) is 5.27. The number of aliphatic hydroxyl groups is 2. The zero-order chi connectivity index (χ0) is 27.0. The molecule has 0 amide bonds. The molecule has 4 aromatic rings. The molecule has 1 unspecified atom stereocenters. The summed E-state index contributed by atoms with van der Waals surface area (Å²) in [4.78, 5) is 4.49. The molecular weight excluding hydrogens is 568 g/mol. The fraction of sp³-hybridized carbons (Fsp3) is 0.233. The van der Waals surface area contributed by atoms with Crippen LogP contribution in [0, 0.1) is 0 Å². The van der Waals surface area contributed by atoms with E-state index in [1.807, 2.05) is 54.6 Å². The van der Waals surface area contributed by atoms with Crippen molar-refractivity contribution in [3.8, 4) is 22.8 Å². The van der Waals surface area contributed by atoms with Crippen molar-refractivity contribution >= 4 is 27.5 Å². The molecule has 0 radical (unpaired) electrons. The van der Waals surface area contributed by atoms with E-state index in [9.17, 15) is 10.2 Å². The van der Waals surface area contributed by atoms with Crippen LogP contribution in [-0.2, 0) is 24.6 Å². The maximum atomic E-state index is 9.94. The number of hydrogen-bond donors (Lipinski definition) is 3. The van der Waals surface area contributed by atoms with E-state index in [1.54, 1.807) is 18.3 Å². The van der Waals surface area contributed by atoms with Crippen molar-refractivity contribution in [2.75, 3.05) is 13.2 Å². The molecule has 0 saturated carbocycles. The van der Waals surface area contributed by atoms with Gasteiger partial charge in [-0.15, -0.1) is 0 Å². The highest BCUT2D eigenvalue weighted by molar-refractivity contribution is 9.10. The van der Waals surface area contributed by atoms with Crippen LogP contribution in [0.5, 0.6) is 11.6 Å². The van der Waals surface area contributed by atoms with Gasteiger partial charge in [-0.25, -0.2) is 4.98 Å². The highest BCUT2D eigenvalue weighted by atomic mass is 79.9. The number of aromatic nitrogens is 1. The predicted molar refractivity (Wildman–Crippen MR) is 153 cm³/mol. The summed E-state index contributed by atoms with van der Waals surface area (Å²) in [5.74, 6) is 0.769. The fourth-order valence-electron chi connectivity index (χ4n) is 4.29. The second-order valence-corrected chi connectivity index (χ2v) is 10.1. The summed E-state index contributed by atoms with van der Waals surface area (Å²) in [6.45, 7) is 0.215. The Kier molecular flexibility index (Phi) is 9.77. The van der Waals surface area contributed by atoms with Gasteiger partial charge in [0.15, 0.2) is 0 Å². The number of halogens is 2. The Bertz CT molecular complexity index is 1360. The lowest BCUT2D eigenvalue weighted by molar-refractivity contribution is 0.110. The minimum absolute atomic E-state index is 0.0646. The van der Waals surface area contributed by atoms with Crippen LogP contribution in [0.15, 0.2) is 89.5 Å². The monoisotopic (exact) mass is 596 g/mol. The van der Waals surface area contributed by atoms with Gasteiger partial charge in [-0.3, -0.25) is 0 Å². The molecule has 8 heteroatoms. The lowest BCUT2D eigenvalue weighted by Crippen LogP contribution is -2.31. The number of benzene rings is 3. The lowest BCUT2D eigenvalue weighted by atomic mass is 9.98. The third-order valence-corrected chi connectivity index (χ3v) is 7.52. The summed E-state index contributed by atoms with van der Waals surface area (Å²) in [6, 6.07) is 25.2. The summed E-state index contributed by atoms with van der Waals surface area (Å²) in [5.41, 5.74) is 10.9. The maximum Gasteiger partial charge on any atom is 0.222 e. The molecule has 1 aromatic heterocycles. The van der Waals surface area contributed by atoms with E-state index in [2.05, 4.69) is 33.0 Å². The normalized spacial score (nSPS) is 12.7. The standard InChI is InChI=1S/C30H30BrClN2O4/c31-28-24(9-5-11-26(28)22-7-2-1-3-8-22)20-37-29-27(23(13-16-35)12-15-34-29)30(32,14-17-36)38-25-10-4-6-21(18-25)19-33/h1-12,15,18,35-36H,13-14,16-17,19-20,33H2. The molecule has 0 saturated heterocycles. The SMILES string of the molecule is NCc1cccc(OC(Cl)(CCO)c2c(CCO)ccnc2OCc2cccc(-c3ccccc3)c2Br)c1. The molecule has 0 aliphatic rings. The summed E-state index contributed by atoms with van der Waals surface area (Å²) in [7, 11) is 0. The summed E-state index contributed by atoms with van der Waals surface area (Å²) >= 11 is 10.9. The summed E-state index contributed by atoms with van der Waals surface area (Å²) < 4.78 is 13.5. The highest BCUT2D eigenvalue weighted by Crippen LogP contribution is 2.42. The number of ether oxygens (including phenoxy) is 2. The molecule has 198 valence electrons. The van der Waals surface area contributed by atoms with Gasteiger partial charge < -0.3 is 25.4 Å². The van der Waals surface area contributed by atoms with E-state index in [4.69, 9.17) is 26.8 Å². The first-order valence-corrected chi connectivity index (χ1v) is 13.5. The zero-order valence-electron chi connectivity index (χ0n) is 20.8. The first kappa shape index (κ1) is 28.1. The van der Waals surface area contributed by atoms with Gasteiger partial charge in [0.1, 0.15) is 12.4 Å². The Morgan fingerprint density at radius 1 is 0.921 bits per heavy atom. The van der Waals surface area contributed by atoms with Crippen molar-refractivity contribution in [1.29, 1.82) is 0 Å². The maximum absolute atomic E-state index is 9.94. The average Bonchev–Trinajstić information content (AvgIpc) is 2.93. The largest absolute Gasteiger partial charge is 0.472 e. The molecule has 0 aliphatic heterocycles. The van der Waals surface area contributed by atoms with Crippen LogP contribution in [0.25, 0.3) is 11.1 Å². The van der Waals surface area contributed by atoms with E-state index in [0.717, 1.165) is 26.7 Å². The molecule has 0 bridgehead atoms. The Morgan fingerprint density at radius 2 is 1.71 bits per heavy atom. The minimum Gasteiger partial charge on any atom is -0.472 e. The second kappa shape index (κ2) is 13.2. The number of alkyl halides is 1. The number of hydrogen-bond acceptors (Lipinski definition) is 6. The van der Waals surface area contributed by atoms with E-state index in [1.165, 1.54) is 0 Å². The molecule has 0 fully saturated rings. The molecular formula is C30H30BrClN2O4. The van der Waals surface area contributed by atoms with Crippen molar-refractivity contribution in [2.24, 2.45) is 5.73 Å². The van der Waals surface area contributed by atoms with Gasteiger partial charge in [0.2, 0.25) is 10.9 Å². The van der Waals surface area contributed by atoms with Gasteiger partial charge in [-0.05, 0) is 62.8 Å². The average molecular weight is 598 g/mol. The molecule has 4 N–H and O–H groups in total. The lowest BCUT2D eigenvalue weighted by Gasteiger charge is -2.31. The number of pyridine rings is 1. The van der Waals surface area contributed by atoms with Gasteiger partial charge in [-0.2, -0.15) is 0 Å². The zero-order valence-corrected chi connectivity index (χ0v) is 23.2. The molecule has 38 heavy (non-hydrogen) atoms. The Morgan fingerprint density at radius 3 is 2.45 bits per heavy atom. The van der Waals surface area contributed by atoms with Crippen LogP contribution >= 0.6 is 27.5 Å². The Balaban J connectivity index is 1.70. The van der Waals surface area contributed by atoms with E-state index < -0.39 is 5.06 Å². The van der Waals surface area contributed by atoms with E-state index >= 15 is 0 Å². The quantitative estimate of drug-likeness (QED) is 0.175. The number of rotatable bonds is 12.